The van der Waals surface area contributed by atoms with Crippen LogP contribution < -0.4 is 4.90 Å². The highest BCUT2D eigenvalue weighted by molar-refractivity contribution is 6.25. The zero-order chi connectivity index (χ0) is 29.6. The van der Waals surface area contributed by atoms with Crippen molar-refractivity contribution in [1.29, 1.82) is 0 Å². The van der Waals surface area contributed by atoms with Crippen molar-refractivity contribution in [3.05, 3.63) is 113 Å². The summed E-state index contributed by atoms with van der Waals surface area (Å²) in [5.74, 6) is -2.23. The van der Waals surface area contributed by atoms with Crippen LogP contribution in [0.25, 0.3) is 0 Å². The number of hydrogen-bond acceptors (Lipinski definition) is 5. The first kappa shape index (κ1) is 24.8. The molecule has 8 atom stereocenters. The molecule has 4 amide bonds. The second-order valence-corrected chi connectivity index (χ2v) is 13.8. The van der Waals surface area contributed by atoms with E-state index in [0.717, 1.165) is 39.2 Å². The van der Waals surface area contributed by atoms with Crippen molar-refractivity contribution in [3.63, 3.8) is 0 Å². The van der Waals surface area contributed by atoms with Crippen LogP contribution in [0.2, 0.25) is 0 Å². The van der Waals surface area contributed by atoms with Crippen molar-refractivity contribution in [1.82, 2.24) is 5.01 Å². The number of anilines is 1. The maximum absolute atomic E-state index is 14.6. The van der Waals surface area contributed by atoms with Gasteiger partial charge in [0.1, 0.15) is 0 Å². The van der Waals surface area contributed by atoms with Gasteiger partial charge >= 0.3 is 0 Å². The Morgan fingerprint density at radius 2 is 1.27 bits per heavy atom. The van der Waals surface area contributed by atoms with Gasteiger partial charge in [-0.25, -0.2) is 4.90 Å². The summed E-state index contributed by atoms with van der Waals surface area (Å²) in [6.07, 6.45) is 7.07. The van der Waals surface area contributed by atoms with E-state index in [9.17, 15) is 19.2 Å². The Morgan fingerprint density at radius 3 is 1.86 bits per heavy atom. The summed E-state index contributed by atoms with van der Waals surface area (Å²) in [7, 11) is 0. The molecule has 3 aromatic carbocycles. The van der Waals surface area contributed by atoms with Crippen LogP contribution >= 0.6 is 0 Å². The lowest BCUT2D eigenvalue weighted by atomic mass is 9.47. The second-order valence-electron chi connectivity index (χ2n) is 13.8. The molecule has 216 valence electrons. The minimum Gasteiger partial charge on any atom is -0.274 e. The van der Waals surface area contributed by atoms with Gasteiger partial charge in [-0.3, -0.25) is 19.2 Å². The van der Waals surface area contributed by atoms with Gasteiger partial charge in [0.2, 0.25) is 11.8 Å². The van der Waals surface area contributed by atoms with Gasteiger partial charge in [0.15, 0.2) is 0 Å². The molecule has 7 aliphatic carbocycles. The number of rotatable bonds is 3. The van der Waals surface area contributed by atoms with E-state index in [-0.39, 0.29) is 53.2 Å². The largest absolute Gasteiger partial charge is 0.274 e. The Hall–Kier alpha value is -4.65. The maximum Gasteiger partial charge on any atom is 0.254 e. The smallest absolute Gasteiger partial charge is 0.254 e. The van der Waals surface area contributed by atoms with E-state index >= 15 is 0 Å². The Morgan fingerprint density at radius 1 is 0.705 bits per heavy atom. The lowest BCUT2D eigenvalue weighted by Gasteiger charge is -2.52. The first-order chi connectivity index (χ1) is 21.4. The van der Waals surface area contributed by atoms with Crippen LogP contribution in [0.1, 0.15) is 40.2 Å². The SMILES string of the molecule is Cc1ccc(N2C(=O)[C@@H]3C4c5ccccc5C(/C=N\N5C(=O)[C@@H]6[C@H]7C=C[C@@H]([C@@H]8C[C@H]78)[C@@H]6C5=O)(c5ccccc54)[C@H]3C2=O)cc1. The lowest BCUT2D eigenvalue weighted by molar-refractivity contribution is -0.140. The fraction of sp³-hybridized carbons (Fsp3) is 0.324. The van der Waals surface area contributed by atoms with Gasteiger partial charge in [-0.1, -0.05) is 78.4 Å². The van der Waals surface area contributed by atoms with Crippen LogP contribution in [-0.4, -0.2) is 34.9 Å². The van der Waals surface area contributed by atoms with Crippen molar-refractivity contribution in [2.24, 2.45) is 52.4 Å². The van der Waals surface area contributed by atoms with Gasteiger partial charge in [0, 0.05) is 12.1 Å². The van der Waals surface area contributed by atoms with E-state index < -0.39 is 17.3 Å². The van der Waals surface area contributed by atoms with Gasteiger partial charge in [0.05, 0.1) is 34.8 Å². The molecule has 2 saturated carbocycles. The van der Waals surface area contributed by atoms with Gasteiger partial charge in [-0.2, -0.15) is 10.1 Å². The monoisotopic (exact) mass is 579 g/mol. The number of carbonyl (C=O) groups excluding carboxylic acids is 4. The van der Waals surface area contributed by atoms with E-state index in [4.69, 9.17) is 5.10 Å². The fourth-order valence-electron chi connectivity index (χ4n) is 10.2. The molecule has 2 saturated heterocycles. The molecular formula is C37H29N3O4. The van der Waals surface area contributed by atoms with Crippen molar-refractivity contribution >= 4 is 35.5 Å². The molecule has 4 bridgehead atoms. The molecule has 0 N–H and O–H groups in total. The molecule has 44 heavy (non-hydrogen) atoms. The van der Waals surface area contributed by atoms with Gasteiger partial charge in [-0.15, -0.1) is 0 Å². The Bertz CT molecular complexity index is 1840. The molecule has 2 aliphatic heterocycles. The van der Waals surface area contributed by atoms with E-state index in [1.54, 1.807) is 6.21 Å². The highest BCUT2D eigenvalue weighted by atomic mass is 16.2. The average molecular weight is 580 g/mol. The zero-order valence-electron chi connectivity index (χ0n) is 24.0. The summed E-state index contributed by atoms with van der Waals surface area (Å²) in [5.41, 5.74) is 4.24. The lowest BCUT2D eigenvalue weighted by Crippen LogP contribution is -2.55. The highest BCUT2D eigenvalue weighted by Crippen LogP contribution is 2.66. The van der Waals surface area contributed by atoms with Crippen molar-refractivity contribution in [2.45, 2.75) is 24.7 Å². The zero-order valence-corrected chi connectivity index (χ0v) is 24.0. The normalized spacial score (nSPS) is 38.2. The van der Waals surface area contributed by atoms with E-state index in [1.807, 2.05) is 79.7 Å². The summed E-state index contributed by atoms with van der Waals surface area (Å²) in [5, 5.41) is 5.86. The summed E-state index contributed by atoms with van der Waals surface area (Å²) >= 11 is 0. The molecule has 2 heterocycles. The number of carbonyl (C=O) groups is 4. The van der Waals surface area contributed by atoms with Gasteiger partial charge < -0.3 is 0 Å². The number of amides is 4. The Labute approximate surface area is 254 Å². The molecule has 7 heteroatoms. The molecule has 9 aliphatic rings. The highest BCUT2D eigenvalue weighted by Gasteiger charge is 2.69. The standard InChI is InChI=1S/C37H29N3O4/c1-18-10-12-19(13-11-18)39-33(41)31-28-22-6-2-4-8-26(22)37(32(31)36(39)44,27-9-5-3-7-23(27)28)17-38-40-34(42)29-20-14-15-21(25-16-24(20)25)30(29)35(40)43/h2-15,17,20-21,24-25,28-32H,16H2,1H3/b38-17-/t20-,21-,24-,25+,28?,29-,30+,31+,32+,37?/m0/s1. The molecule has 3 aromatic rings. The Balaban J connectivity index is 1.15. The maximum atomic E-state index is 14.6. The molecule has 0 aromatic heterocycles. The molecule has 0 radical (unpaired) electrons. The van der Waals surface area contributed by atoms with E-state index in [2.05, 4.69) is 12.2 Å². The number of benzene rings is 3. The van der Waals surface area contributed by atoms with Crippen LogP contribution in [0.15, 0.2) is 90.0 Å². The predicted molar refractivity (Wildman–Crippen MR) is 161 cm³/mol. The van der Waals surface area contributed by atoms with Crippen molar-refractivity contribution < 1.29 is 19.2 Å². The minimum absolute atomic E-state index is 0.0952. The molecule has 0 spiro atoms. The number of imide groups is 2. The second kappa shape index (κ2) is 8.08. The summed E-state index contributed by atoms with van der Waals surface area (Å²) in [6, 6.07) is 23.4. The van der Waals surface area contributed by atoms with Gasteiger partial charge in [-0.05, 0) is 71.4 Å². The average Bonchev–Trinajstić information content (AvgIpc) is 3.78. The third-order valence-corrected chi connectivity index (χ3v) is 12.0. The van der Waals surface area contributed by atoms with Crippen LogP contribution in [-0.2, 0) is 24.6 Å². The van der Waals surface area contributed by atoms with Crippen LogP contribution in [0.4, 0.5) is 5.69 Å². The fourth-order valence-corrected chi connectivity index (χ4v) is 10.2. The predicted octanol–water partition coefficient (Wildman–Crippen LogP) is 4.58. The van der Waals surface area contributed by atoms with Gasteiger partial charge in [0.25, 0.3) is 11.8 Å². The van der Waals surface area contributed by atoms with Crippen molar-refractivity contribution in [2.75, 3.05) is 4.90 Å². The number of nitrogens with zero attached hydrogens (tertiary/aromatic N) is 3. The number of hydrogen-bond donors (Lipinski definition) is 0. The third-order valence-electron chi connectivity index (χ3n) is 12.0. The number of hydrazone groups is 1. The number of allylic oxidation sites excluding steroid dienone is 2. The molecule has 0 unspecified atom stereocenters. The molecule has 7 nitrogen and oxygen atoms in total. The minimum atomic E-state index is -1.13. The number of aryl methyl sites for hydroxylation is 1. The summed E-state index contributed by atoms with van der Waals surface area (Å²) < 4.78 is 0. The van der Waals surface area contributed by atoms with Crippen LogP contribution in [0.5, 0.6) is 0 Å². The van der Waals surface area contributed by atoms with E-state index in [0.29, 0.717) is 17.5 Å². The van der Waals surface area contributed by atoms with Crippen LogP contribution in [0.3, 0.4) is 0 Å². The first-order valence-corrected chi connectivity index (χ1v) is 15.7. The Kier molecular flexibility index (Phi) is 4.55. The first-order valence-electron chi connectivity index (χ1n) is 15.7. The summed E-state index contributed by atoms with van der Waals surface area (Å²) in [4.78, 5) is 58.1. The molecular weight excluding hydrogens is 550 g/mol. The summed E-state index contributed by atoms with van der Waals surface area (Å²) in [6.45, 7) is 1.97. The van der Waals surface area contributed by atoms with Crippen LogP contribution in [0, 0.1) is 54.3 Å². The molecule has 4 fully saturated rings. The molecule has 12 rings (SSSR count). The van der Waals surface area contributed by atoms with E-state index in [1.165, 1.54) is 4.90 Å². The quantitative estimate of drug-likeness (QED) is 0.258. The van der Waals surface area contributed by atoms with Crippen molar-refractivity contribution in [3.8, 4) is 0 Å². The third kappa shape index (κ3) is 2.73. The topological polar surface area (TPSA) is 87.1 Å².